The highest BCUT2D eigenvalue weighted by Gasteiger charge is 2.29. The lowest BCUT2D eigenvalue weighted by atomic mass is 9.88. The van der Waals surface area contributed by atoms with Gasteiger partial charge in [-0.2, -0.15) is 0 Å². The van der Waals surface area contributed by atoms with Gasteiger partial charge in [0.15, 0.2) is 0 Å². The van der Waals surface area contributed by atoms with Crippen molar-refractivity contribution < 1.29 is 9.53 Å². The summed E-state index contributed by atoms with van der Waals surface area (Å²) < 4.78 is 6.89. The van der Waals surface area contributed by atoms with Crippen LogP contribution in [0.25, 0.3) is 0 Å². The quantitative estimate of drug-likeness (QED) is 0.575. The minimum atomic E-state index is -0.244. The van der Waals surface area contributed by atoms with Gasteiger partial charge in [0.05, 0.1) is 5.56 Å². The summed E-state index contributed by atoms with van der Waals surface area (Å²) >= 11 is 2.22. The molecule has 2 aromatic carbocycles. The van der Waals surface area contributed by atoms with Crippen LogP contribution in [0, 0.1) is 3.57 Å². The van der Waals surface area contributed by atoms with Gasteiger partial charge in [0.1, 0.15) is 6.10 Å². The molecule has 0 saturated carbocycles. The first-order valence-electron chi connectivity index (χ1n) is 7.46. The monoisotopic (exact) mass is 443 g/mol. The highest BCUT2D eigenvalue weighted by atomic mass is 127. The number of hydrogen-bond donors (Lipinski definition) is 1. The number of nitrogens with one attached hydrogen (secondary N) is 1. The summed E-state index contributed by atoms with van der Waals surface area (Å²) in [4.78, 5) is 12.3. The molecule has 0 amide bonds. The molecule has 1 heterocycles. The van der Waals surface area contributed by atoms with Crippen molar-refractivity contribution in [1.82, 2.24) is 5.32 Å². The number of carbonyl (C=O) groups is 1. The molecule has 3 rings (SSSR count). The van der Waals surface area contributed by atoms with Crippen molar-refractivity contribution in [1.29, 1.82) is 0 Å². The van der Waals surface area contributed by atoms with Crippen LogP contribution in [0.2, 0.25) is 0 Å². The van der Waals surface area contributed by atoms with E-state index in [9.17, 15) is 4.79 Å². The highest BCUT2D eigenvalue weighted by Crippen LogP contribution is 2.28. The van der Waals surface area contributed by atoms with Crippen molar-refractivity contribution in [3.05, 3.63) is 69.3 Å². The molecule has 3 nitrogen and oxygen atoms in total. The molecule has 0 spiro atoms. The zero-order chi connectivity index (χ0) is 15.4. The molecule has 1 saturated heterocycles. The van der Waals surface area contributed by atoms with E-state index in [0.717, 1.165) is 16.5 Å². The van der Waals surface area contributed by atoms with E-state index in [0.29, 0.717) is 12.1 Å². The third-order valence-electron chi connectivity index (χ3n) is 3.99. The Bertz CT molecular complexity index is 633. The van der Waals surface area contributed by atoms with Gasteiger partial charge in [0, 0.05) is 16.0 Å². The summed E-state index contributed by atoms with van der Waals surface area (Å²) in [5.41, 5.74) is 1.85. The van der Waals surface area contributed by atoms with E-state index in [-0.39, 0.29) is 30.4 Å². The van der Waals surface area contributed by atoms with Gasteiger partial charge in [0.25, 0.3) is 0 Å². The zero-order valence-corrected chi connectivity index (χ0v) is 15.5. The van der Waals surface area contributed by atoms with E-state index in [1.54, 1.807) is 0 Å². The van der Waals surface area contributed by atoms with Crippen molar-refractivity contribution in [3.8, 4) is 0 Å². The van der Waals surface area contributed by atoms with Crippen LogP contribution in [0.5, 0.6) is 0 Å². The maximum atomic E-state index is 12.3. The summed E-state index contributed by atoms with van der Waals surface area (Å²) in [6.07, 6.45) is 0.859. The topological polar surface area (TPSA) is 38.3 Å². The van der Waals surface area contributed by atoms with Gasteiger partial charge in [-0.05, 0) is 65.4 Å². The van der Waals surface area contributed by atoms with Crippen molar-refractivity contribution >= 4 is 41.0 Å². The molecule has 23 heavy (non-hydrogen) atoms. The number of benzene rings is 2. The van der Waals surface area contributed by atoms with Crippen LogP contribution >= 0.6 is 35.0 Å². The summed E-state index contributed by atoms with van der Waals surface area (Å²) in [7, 11) is 0. The van der Waals surface area contributed by atoms with Gasteiger partial charge < -0.3 is 10.1 Å². The Balaban J connectivity index is 0.00000192. The van der Waals surface area contributed by atoms with Gasteiger partial charge >= 0.3 is 5.97 Å². The lowest BCUT2D eigenvalue weighted by Crippen LogP contribution is -2.42. The van der Waals surface area contributed by atoms with Crippen LogP contribution in [0.1, 0.15) is 28.3 Å². The molecule has 0 unspecified atom stereocenters. The van der Waals surface area contributed by atoms with Crippen molar-refractivity contribution in [2.24, 2.45) is 0 Å². The fourth-order valence-electron chi connectivity index (χ4n) is 2.83. The number of hydrogen-bond acceptors (Lipinski definition) is 3. The average molecular weight is 444 g/mol. The SMILES string of the molecule is Cl.O=C(O[C@@H]1CNCC[C@H]1c1ccccc1)c1ccc(I)cc1. The van der Waals surface area contributed by atoms with Crippen LogP contribution in [-0.2, 0) is 4.74 Å². The Kier molecular flexibility index (Phi) is 6.87. The first-order valence-corrected chi connectivity index (χ1v) is 8.54. The number of piperidine rings is 1. The van der Waals surface area contributed by atoms with Crippen molar-refractivity contribution in [3.63, 3.8) is 0 Å². The van der Waals surface area contributed by atoms with Crippen LogP contribution < -0.4 is 5.32 Å². The van der Waals surface area contributed by atoms with E-state index >= 15 is 0 Å². The van der Waals surface area contributed by atoms with E-state index in [2.05, 4.69) is 40.0 Å². The van der Waals surface area contributed by atoms with Crippen LogP contribution in [0.4, 0.5) is 0 Å². The van der Waals surface area contributed by atoms with Crippen LogP contribution in [-0.4, -0.2) is 25.2 Å². The number of rotatable bonds is 3. The third kappa shape index (κ3) is 4.68. The van der Waals surface area contributed by atoms with E-state index in [4.69, 9.17) is 4.74 Å². The van der Waals surface area contributed by atoms with Gasteiger partial charge in [-0.25, -0.2) is 4.79 Å². The van der Waals surface area contributed by atoms with Gasteiger partial charge in [-0.3, -0.25) is 0 Å². The third-order valence-corrected chi connectivity index (χ3v) is 4.71. The van der Waals surface area contributed by atoms with Gasteiger partial charge in [0.2, 0.25) is 0 Å². The molecular formula is C18H19ClINO2. The predicted octanol–water partition coefficient (Wildman–Crippen LogP) is 4.02. The number of halogens is 2. The lowest BCUT2D eigenvalue weighted by Gasteiger charge is -2.32. The van der Waals surface area contributed by atoms with E-state index in [1.807, 2.05) is 42.5 Å². The second-order valence-electron chi connectivity index (χ2n) is 5.46. The van der Waals surface area contributed by atoms with E-state index in [1.165, 1.54) is 5.56 Å². The lowest BCUT2D eigenvalue weighted by molar-refractivity contribution is 0.0182. The van der Waals surface area contributed by atoms with Crippen molar-refractivity contribution in [2.45, 2.75) is 18.4 Å². The summed E-state index contributed by atoms with van der Waals surface area (Å²) in [5.74, 6) is 0.0151. The fourth-order valence-corrected chi connectivity index (χ4v) is 3.19. The summed E-state index contributed by atoms with van der Waals surface area (Å²) in [6.45, 7) is 1.66. The average Bonchev–Trinajstić information content (AvgIpc) is 2.57. The molecule has 0 radical (unpaired) electrons. The Hall–Kier alpha value is -1.11. The zero-order valence-electron chi connectivity index (χ0n) is 12.6. The van der Waals surface area contributed by atoms with Crippen LogP contribution in [0.3, 0.4) is 0 Å². The smallest absolute Gasteiger partial charge is 0.338 e. The summed E-state index contributed by atoms with van der Waals surface area (Å²) in [6, 6.07) is 17.8. The maximum absolute atomic E-state index is 12.3. The first kappa shape index (κ1) is 18.2. The van der Waals surface area contributed by atoms with Crippen LogP contribution in [0.15, 0.2) is 54.6 Å². The molecule has 0 bridgehead atoms. The van der Waals surface area contributed by atoms with E-state index < -0.39 is 0 Å². The Labute approximate surface area is 156 Å². The Morgan fingerprint density at radius 1 is 1.09 bits per heavy atom. The molecule has 1 N–H and O–H groups in total. The fraction of sp³-hybridized carbons (Fsp3) is 0.278. The normalized spacial score (nSPS) is 20.4. The standard InChI is InChI=1S/C18H18INO2.ClH/c19-15-8-6-14(7-9-15)18(21)22-17-12-20-11-10-16(17)13-4-2-1-3-5-13;/h1-9,16-17,20H,10-12H2;1H/t16-,17+;/m0./s1. The maximum Gasteiger partial charge on any atom is 0.338 e. The molecule has 0 aromatic heterocycles. The first-order chi connectivity index (χ1) is 10.7. The molecule has 1 aliphatic heterocycles. The molecule has 2 aromatic rings. The van der Waals surface area contributed by atoms with Gasteiger partial charge in [-0.1, -0.05) is 30.3 Å². The van der Waals surface area contributed by atoms with Crippen molar-refractivity contribution in [2.75, 3.05) is 13.1 Å². The number of carbonyl (C=O) groups excluding carboxylic acids is 1. The number of esters is 1. The molecular weight excluding hydrogens is 425 g/mol. The molecule has 5 heteroatoms. The highest BCUT2D eigenvalue weighted by molar-refractivity contribution is 14.1. The molecule has 0 aliphatic carbocycles. The minimum absolute atomic E-state index is 0. The predicted molar refractivity (Wildman–Crippen MR) is 102 cm³/mol. The molecule has 1 fully saturated rings. The minimum Gasteiger partial charge on any atom is -0.457 e. The Morgan fingerprint density at radius 2 is 1.78 bits per heavy atom. The molecule has 2 atom stereocenters. The number of ether oxygens (including phenoxy) is 1. The molecule has 122 valence electrons. The van der Waals surface area contributed by atoms with Gasteiger partial charge in [-0.15, -0.1) is 12.4 Å². The second-order valence-corrected chi connectivity index (χ2v) is 6.71. The summed E-state index contributed by atoms with van der Waals surface area (Å²) in [5, 5.41) is 3.32. The second kappa shape index (κ2) is 8.66. The Morgan fingerprint density at radius 3 is 2.48 bits per heavy atom. The largest absolute Gasteiger partial charge is 0.457 e. The molecule has 1 aliphatic rings.